The maximum atomic E-state index is 11.5. The van der Waals surface area contributed by atoms with E-state index in [1.165, 1.54) is 23.2 Å². The first kappa shape index (κ1) is 19.3. The zero-order valence-electron chi connectivity index (χ0n) is 16.6. The summed E-state index contributed by atoms with van der Waals surface area (Å²) in [5.41, 5.74) is 5.59. The Hall–Kier alpha value is -3.05. The van der Waals surface area contributed by atoms with Crippen molar-refractivity contribution < 1.29 is 9.90 Å². The Morgan fingerprint density at radius 2 is 1.97 bits per heavy atom. The molecular weight excluding hydrogens is 362 g/mol. The van der Waals surface area contributed by atoms with Crippen LogP contribution in [-0.2, 0) is 6.54 Å². The molecule has 148 valence electrons. The molecule has 2 heterocycles. The minimum Gasteiger partial charge on any atom is -0.478 e. The standard InChI is InChI=1S/C24H25N3O2/c1-17-13-25-16-26-23(17)20-5-4-12-27(15-20)14-18-8-10-19(11-9-18)21-6-2-3-7-22(21)24(28)29/h2-3,6-11,13,16,20H,4-5,12,14-15H2,1H3,(H,28,29)/t20-/m1/s1. The van der Waals surface area contributed by atoms with E-state index in [4.69, 9.17) is 0 Å². The molecule has 3 aromatic rings. The summed E-state index contributed by atoms with van der Waals surface area (Å²) < 4.78 is 0. The Labute approximate surface area is 171 Å². The average molecular weight is 387 g/mol. The zero-order valence-corrected chi connectivity index (χ0v) is 16.6. The molecule has 1 aliphatic rings. The fourth-order valence-electron chi connectivity index (χ4n) is 4.23. The number of aryl methyl sites for hydroxylation is 1. The van der Waals surface area contributed by atoms with E-state index in [0.717, 1.165) is 37.2 Å². The Kier molecular flexibility index (Phi) is 5.67. The van der Waals surface area contributed by atoms with Gasteiger partial charge in [-0.1, -0.05) is 42.5 Å². The van der Waals surface area contributed by atoms with Crippen LogP contribution in [0, 0.1) is 6.92 Å². The van der Waals surface area contributed by atoms with E-state index in [1.807, 2.05) is 30.5 Å². The highest BCUT2D eigenvalue weighted by Gasteiger charge is 2.23. The molecule has 0 spiro atoms. The fourth-order valence-corrected chi connectivity index (χ4v) is 4.23. The molecule has 1 atom stereocenters. The van der Waals surface area contributed by atoms with E-state index in [1.54, 1.807) is 18.5 Å². The van der Waals surface area contributed by atoms with E-state index in [9.17, 15) is 9.90 Å². The Balaban J connectivity index is 1.47. The van der Waals surface area contributed by atoms with Gasteiger partial charge in [0.1, 0.15) is 6.33 Å². The smallest absolute Gasteiger partial charge is 0.336 e. The van der Waals surface area contributed by atoms with Gasteiger partial charge in [-0.15, -0.1) is 0 Å². The summed E-state index contributed by atoms with van der Waals surface area (Å²) in [6.45, 7) is 5.06. The van der Waals surface area contributed by atoms with Crippen molar-refractivity contribution in [3.05, 3.63) is 83.4 Å². The lowest BCUT2D eigenvalue weighted by molar-refractivity contribution is 0.0697. The van der Waals surface area contributed by atoms with Crippen molar-refractivity contribution >= 4 is 5.97 Å². The van der Waals surface area contributed by atoms with Crippen LogP contribution in [0.3, 0.4) is 0 Å². The molecule has 5 heteroatoms. The van der Waals surface area contributed by atoms with Gasteiger partial charge in [-0.25, -0.2) is 14.8 Å². The van der Waals surface area contributed by atoms with E-state index in [0.29, 0.717) is 11.5 Å². The van der Waals surface area contributed by atoms with Crippen molar-refractivity contribution in [2.24, 2.45) is 0 Å². The van der Waals surface area contributed by atoms with Gasteiger partial charge in [0.05, 0.1) is 11.3 Å². The third kappa shape index (κ3) is 4.35. The van der Waals surface area contributed by atoms with Crippen LogP contribution in [0.15, 0.2) is 61.1 Å². The van der Waals surface area contributed by atoms with Crippen LogP contribution >= 0.6 is 0 Å². The molecular formula is C24H25N3O2. The molecule has 0 bridgehead atoms. The van der Waals surface area contributed by atoms with Gasteiger partial charge in [-0.3, -0.25) is 4.90 Å². The Bertz CT molecular complexity index is 1000. The number of aromatic carboxylic acids is 1. The lowest BCUT2D eigenvalue weighted by atomic mass is 9.92. The molecule has 5 nitrogen and oxygen atoms in total. The average Bonchev–Trinajstić information content (AvgIpc) is 2.75. The van der Waals surface area contributed by atoms with Crippen molar-refractivity contribution in [2.45, 2.75) is 32.2 Å². The summed E-state index contributed by atoms with van der Waals surface area (Å²) in [7, 11) is 0. The number of piperidine rings is 1. The predicted octanol–water partition coefficient (Wildman–Crippen LogP) is 4.53. The molecule has 29 heavy (non-hydrogen) atoms. The maximum Gasteiger partial charge on any atom is 0.336 e. The molecule has 0 aliphatic carbocycles. The number of carboxylic acids is 1. The van der Waals surface area contributed by atoms with Crippen molar-refractivity contribution in [1.29, 1.82) is 0 Å². The molecule has 4 rings (SSSR count). The highest BCUT2D eigenvalue weighted by atomic mass is 16.4. The first-order chi connectivity index (χ1) is 14.1. The molecule has 1 aromatic heterocycles. The zero-order chi connectivity index (χ0) is 20.2. The number of rotatable bonds is 5. The number of hydrogen-bond acceptors (Lipinski definition) is 4. The number of likely N-dealkylation sites (tertiary alicyclic amines) is 1. The minimum absolute atomic E-state index is 0.333. The molecule has 0 amide bonds. The van der Waals surface area contributed by atoms with E-state index in [-0.39, 0.29) is 0 Å². The molecule has 1 aliphatic heterocycles. The first-order valence-corrected chi connectivity index (χ1v) is 10.0. The molecule has 1 fully saturated rings. The van der Waals surface area contributed by atoms with Crippen molar-refractivity contribution in [1.82, 2.24) is 14.9 Å². The second kappa shape index (κ2) is 8.53. The van der Waals surface area contributed by atoms with Crippen LogP contribution in [-0.4, -0.2) is 39.0 Å². The van der Waals surface area contributed by atoms with E-state index < -0.39 is 5.97 Å². The van der Waals surface area contributed by atoms with Crippen LogP contribution in [0.5, 0.6) is 0 Å². The number of carboxylic acid groups (broad SMARTS) is 1. The SMILES string of the molecule is Cc1cncnc1[C@@H]1CCCN(Cc2ccc(-c3ccccc3C(=O)O)cc2)C1. The van der Waals surface area contributed by atoms with Gasteiger partial charge < -0.3 is 5.11 Å². The minimum atomic E-state index is -0.899. The van der Waals surface area contributed by atoms with Crippen LogP contribution in [0.4, 0.5) is 0 Å². The second-order valence-electron chi connectivity index (χ2n) is 7.71. The lowest BCUT2D eigenvalue weighted by Crippen LogP contribution is -2.34. The van der Waals surface area contributed by atoms with Gasteiger partial charge in [0.2, 0.25) is 0 Å². The van der Waals surface area contributed by atoms with Gasteiger partial charge in [-0.2, -0.15) is 0 Å². The lowest BCUT2D eigenvalue weighted by Gasteiger charge is -2.33. The second-order valence-corrected chi connectivity index (χ2v) is 7.71. The van der Waals surface area contributed by atoms with Crippen LogP contribution in [0.1, 0.15) is 45.9 Å². The monoisotopic (exact) mass is 387 g/mol. The molecule has 1 N–H and O–H groups in total. The summed E-state index contributed by atoms with van der Waals surface area (Å²) in [4.78, 5) is 22.6. The molecule has 0 saturated carbocycles. The maximum absolute atomic E-state index is 11.5. The van der Waals surface area contributed by atoms with E-state index >= 15 is 0 Å². The number of carbonyl (C=O) groups is 1. The topological polar surface area (TPSA) is 66.3 Å². The highest BCUT2D eigenvalue weighted by molar-refractivity contribution is 5.95. The van der Waals surface area contributed by atoms with E-state index in [2.05, 4.69) is 33.9 Å². The summed E-state index contributed by atoms with van der Waals surface area (Å²) in [6.07, 6.45) is 5.88. The number of nitrogens with zero attached hydrogens (tertiary/aromatic N) is 3. The number of hydrogen-bond donors (Lipinski definition) is 1. The summed E-state index contributed by atoms with van der Waals surface area (Å²) in [6, 6.07) is 15.4. The first-order valence-electron chi connectivity index (χ1n) is 10.0. The summed E-state index contributed by atoms with van der Waals surface area (Å²) in [5, 5.41) is 9.42. The van der Waals surface area contributed by atoms with Gasteiger partial charge in [0, 0.05) is 25.2 Å². The Morgan fingerprint density at radius 3 is 2.72 bits per heavy atom. The molecule has 0 radical (unpaired) electrons. The van der Waals surface area contributed by atoms with Gasteiger partial charge in [0.15, 0.2) is 0 Å². The van der Waals surface area contributed by atoms with Gasteiger partial charge in [-0.05, 0) is 54.6 Å². The quantitative estimate of drug-likeness (QED) is 0.697. The van der Waals surface area contributed by atoms with Crippen molar-refractivity contribution in [2.75, 3.05) is 13.1 Å². The van der Waals surface area contributed by atoms with Gasteiger partial charge in [0.25, 0.3) is 0 Å². The largest absolute Gasteiger partial charge is 0.478 e. The molecule has 1 saturated heterocycles. The molecule has 0 unspecified atom stereocenters. The van der Waals surface area contributed by atoms with Crippen LogP contribution in [0.2, 0.25) is 0 Å². The Morgan fingerprint density at radius 1 is 1.17 bits per heavy atom. The van der Waals surface area contributed by atoms with Crippen molar-refractivity contribution in [3.63, 3.8) is 0 Å². The summed E-state index contributed by atoms with van der Waals surface area (Å²) in [5.74, 6) is -0.447. The molecule has 2 aromatic carbocycles. The van der Waals surface area contributed by atoms with Crippen LogP contribution in [0.25, 0.3) is 11.1 Å². The normalized spacial score (nSPS) is 17.2. The highest BCUT2D eigenvalue weighted by Crippen LogP contribution is 2.29. The predicted molar refractivity (Wildman–Crippen MR) is 113 cm³/mol. The number of benzene rings is 2. The van der Waals surface area contributed by atoms with Gasteiger partial charge >= 0.3 is 5.97 Å². The van der Waals surface area contributed by atoms with Crippen molar-refractivity contribution in [3.8, 4) is 11.1 Å². The number of aromatic nitrogens is 2. The van der Waals surface area contributed by atoms with Crippen LogP contribution < -0.4 is 0 Å². The third-order valence-corrected chi connectivity index (χ3v) is 5.66. The fraction of sp³-hybridized carbons (Fsp3) is 0.292. The summed E-state index contributed by atoms with van der Waals surface area (Å²) >= 11 is 0. The third-order valence-electron chi connectivity index (χ3n) is 5.66.